The average molecular weight is 210 g/mol. The molecule has 0 saturated carbocycles. The molecule has 84 valence electrons. The van der Waals surface area contributed by atoms with Crippen molar-refractivity contribution in [2.45, 2.75) is 38.2 Å². The van der Waals surface area contributed by atoms with Gasteiger partial charge in [-0.25, -0.2) is 0 Å². The molecule has 1 aliphatic rings. The van der Waals surface area contributed by atoms with E-state index >= 15 is 0 Å². The maximum atomic E-state index is 5.82. The van der Waals surface area contributed by atoms with Gasteiger partial charge in [-0.1, -0.05) is 0 Å². The Morgan fingerprint density at radius 3 is 2.73 bits per heavy atom. The lowest BCUT2D eigenvalue weighted by atomic mass is 9.84. The van der Waals surface area contributed by atoms with Crippen LogP contribution in [0.1, 0.15) is 38.2 Å². The van der Waals surface area contributed by atoms with Crippen LogP contribution in [-0.2, 0) is 4.74 Å². The summed E-state index contributed by atoms with van der Waals surface area (Å²) in [6.07, 6.45) is 1.89. The molecule has 2 rings (SSSR count). The monoisotopic (exact) mass is 210 g/mol. The van der Waals surface area contributed by atoms with Crippen molar-refractivity contribution in [3.8, 4) is 0 Å². The second kappa shape index (κ2) is 3.41. The molecule has 0 radical (unpaired) electrons. The molecule has 1 aromatic rings. The van der Waals surface area contributed by atoms with Gasteiger partial charge in [-0.15, -0.1) is 0 Å². The van der Waals surface area contributed by atoms with Crippen molar-refractivity contribution >= 4 is 11.6 Å². The zero-order chi connectivity index (χ0) is 11.1. The van der Waals surface area contributed by atoms with Crippen LogP contribution in [0.5, 0.6) is 0 Å². The minimum absolute atomic E-state index is 0.0981. The number of aromatic nitrogens is 2. The fourth-order valence-corrected chi connectivity index (χ4v) is 2.29. The Balaban J connectivity index is 2.24. The molecule has 1 aliphatic heterocycles. The van der Waals surface area contributed by atoms with Gasteiger partial charge in [0.2, 0.25) is 0 Å². The quantitative estimate of drug-likeness (QED) is 0.650. The number of aromatic amines is 1. The van der Waals surface area contributed by atoms with E-state index in [1.807, 2.05) is 0 Å². The molecular formula is C10H18N4O. The number of H-pyrrole nitrogens is 1. The molecule has 1 aromatic heterocycles. The third-order valence-electron chi connectivity index (χ3n) is 2.97. The van der Waals surface area contributed by atoms with Crippen molar-refractivity contribution in [3.05, 3.63) is 5.56 Å². The molecule has 0 bridgehead atoms. The zero-order valence-electron chi connectivity index (χ0n) is 9.21. The molecule has 0 amide bonds. The summed E-state index contributed by atoms with van der Waals surface area (Å²) in [6, 6.07) is 0. The minimum Gasteiger partial charge on any atom is -0.384 e. The maximum absolute atomic E-state index is 5.82. The molecule has 0 aromatic carbocycles. The number of nitrogens with one attached hydrogen (secondary N) is 1. The van der Waals surface area contributed by atoms with Crippen LogP contribution < -0.4 is 11.5 Å². The van der Waals surface area contributed by atoms with Crippen molar-refractivity contribution < 1.29 is 4.74 Å². The predicted molar refractivity (Wildman–Crippen MR) is 59.4 cm³/mol. The molecule has 0 aliphatic carbocycles. The lowest BCUT2D eigenvalue weighted by molar-refractivity contribution is -0.0591. The Labute approximate surface area is 89.2 Å². The first kappa shape index (κ1) is 10.3. The molecular weight excluding hydrogens is 192 g/mol. The number of nitrogens with two attached hydrogens (primary N) is 2. The zero-order valence-corrected chi connectivity index (χ0v) is 9.21. The van der Waals surface area contributed by atoms with Crippen molar-refractivity contribution in [1.82, 2.24) is 10.2 Å². The number of anilines is 2. The Bertz CT molecular complexity index is 339. The molecule has 5 N–H and O–H groups in total. The fourth-order valence-electron chi connectivity index (χ4n) is 2.29. The third kappa shape index (κ3) is 1.92. The highest BCUT2D eigenvalue weighted by atomic mass is 16.5. The van der Waals surface area contributed by atoms with E-state index < -0.39 is 0 Å². The van der Waals surface area contributed by atoms with Gasteiger partial charge >= 0.3 is 0 Å². The normalized spacial score (nSPS) is 25.3. The van der Waals surface area contributed by atoms with E-state index in [0.717, 1.165) is 25.0 Å². The van der Waals surface area contributed by atoms with Gasteiger partial charge in [0.25, 0.3) is 0 Å². The third-order valence-corrected chi connectivity index (χ3v) is 2.97. The Morgan fingerprint density at radius 2 is 2.20 bits per heavy atom. The maximum Gasteiger partial charge on any atom is 0.150 e. The summed E-state index contributed by atoms with van der Waals surface area (Å²) in [5.41, 5.74) is 12.5. The van der Waals surface area contributed by atoms with Gasteiger partial charge in [0, 0.05) is 12.2 Å². The van der Waals surface area contributed by atoms with Crippen LogP contribution in [0.25, 0.3) is 0 Å². The predicted octanol–water partition coefficient (Wildman–Crippen LogP) is 1.25. The number of nitrogen functional groups attached to an aromatic ring is 2. The first-order valence-corrected chi connectivity index (χ1v) is 5.23. The largest absolute Gasteiger partial charge is 0.384 e. The van der Waals surface area contributed by atoms with Crippen LogP contribution in [-0.4, -0.2) is 22.4 Å². The van der Waals surface area contributed by atoms with Gasteiger partial charge in [-0.2, -0.15) is 5.10 Å². The van der Waals surface area contributed by atoms with Crippen LogP contribution in [0.4, 0.5) is 11.6 Å². The summed E-state index contributed by atoms with van der Waals surface area (Å²) in [5.74, 6) is 1.47. The Kier molecular flexibility index (Phi) is 2.34. The van der Waals surface area contributed by atoms with Gasteiger partial charge in [-0.3, -0.25) is 5.10 Å². The average Bonchev–Trinajstić information content (AvgIpc) is 2.44. The molecule has 15 heavy (non-hydrogen) atoms. The van der Waals surface area contributed by atoms with E-state index in [2.05, 4.69) is 24.0 Å². The molecule has 1 saturated heterocycles. The highest BCUT2D eigenvalue weighted by Gasteiger charge is 2.32. The second-order valence-corrected chi connectivity index (χ2v) is 4.73. The van der Waals surface area contributed by atoms with Crippen molar-refractivity contribution in [2.75, 3.05) is 18.1 Å². The molecule has 5 nitrogen and oxygen atoms in total. The van der Waals surface area contributed by atoms with Crippen molar-refractivity contribution in [2.24, 2.45) is 0 Å². The summed E-state index contributed by atoms with van der Waals surface area (Å²) in [5, 5.41) is 6.65. The molecule has 2 heterocycles. The number of ether oxygens (including phenoxy) is 1. The van der Waals surface area contributed by atoms with Crippen molar-refractivity contribution in [3.63, 3.8) is 0 Å². The first-order valence-electron chi connectivity index (χ1n) is 5.23. The molecule has 1 fully saturated rings. The summed E-state index contributed by atoms with van der Waals surface area (Å²) in [7, 11) is 0. The van der Waals surface area contributed by atoms with Gasteiger partial charge < -0.3 is 16.2 Å². The molecule has 1 unspecified atom stereocenters. The smallest absolute Gasteiger partial charge is 0.150 e. The summed E-state index contributed by atoms with van der Waals surface area (Å²) in [4.78, 5) is 0. The van der Waals surface area contributed by atoms with Gasteiger partial charge in [0.1, 0.15) is 5.82 Å². The minimum atomic E-state index is -0.0981. The van der Waals surface area contributed by atoms with Crippen LogP contribution >= 0.6 is 0 Å². The fraction of sp³-hybridized carbons (Fsp3) is 0.700. The van der Waals surface area contributed by atoms with Crippen LogP contribution in [0.3, 0.4) is 0 Å². The van der Waals surface area contributed by atoms with Gasteiger partial charge in [0.15, 0.2) is 5.82 Å². The SMILES string of the molecule is CC1(C)CC(c2c(N)n[nH]c2N)CCO1. The number of rotatable bonds is 1. The summed E-state index contributed by atoms with van der Waals surface area (Å²) >= 11 is 0. The second-order valence-electron chi connectivity index (χ2n) is 4.73. The van der Waals surface area contributed by atoms with Gasteiger partial charge in [0.05, 0.1) is 5.60 Å². The molecule has 1 atom stereocenters. The lowest BCUT2D eigenvalue weighted by Gasteiger charge is -2.35. The number of hydrogen-bond donors (Lipinski definition) is 3. The van der Waals surface area contributed by atoms with E-state index in [0.29, 0.717) is 17.6 Å². The Morgan fingerprint density at radius 1 is 1.47 bits per heavy atom. The van der Waals surface area contributed by atoms with Gasteiger partial charge in [-0.05, 0) is 32.6 Å². The number of nitrogens with zero attached hydrogens (tertiary/aromatic N) is 1. The highest BCUT2D eigenvalue weighted by molar-refractivity contribution is 5.55. The van der Waals surface area contributed by atoms with Crippen LogP contribution in [0.15, 0.2) is 0 Å². The number of hydrogen-bond acceptors (Lipinski definition) is 4. The molecule has 5 heteroatoms. The summed E-state index contributed by atoms with van der Waals surface area (Å²) < 4.78 is 5.66. The Hall–Kier alpha value is -1.23. The van der Waals surface area contributed by atoms with E-state index in [1.165, 1.54) is 0 Å². The standard InChI is InChI=1S/C10H18N4O/c1-10(2)5-6(3-4-15-10)7-8(11)13-14-9(7)12/h6H,3-5H2,1-2H3,(H5,11,12,13,14). The van der Waals surface area contributed by atoms with Crippen LogP contribution in [0, 0.1) is 0 Å². The van der Waals surface area contributed by atoms with Crippen molar-refractivity contribution in [1.29, 1.82) is 0 Å². The molecule has 0 spiro atoms. The van der Waals surface area contributed by atoms with E-state index in [9.17, 15) is 0 Å². The van der Waals surface area contributed by atoms with E-state index in [1.54, 1.807) is 0 Å². The summed E-state index contributed by atoms with van der Waals surface area (Å²) in [6.45, 7) is 4.93. The van der Waals surface area contributed by atoms with E-state index in [4.69, 9.17) is 16.2 Å². The highest BCUT2D eigenvalue weighted by Crippen LogP contribution is 2.39. The lowest BCUT2D eigenvalue weighted by Crippen LogP contribution is -2.33. The topological polar surface area (TPSA) is 90.0 Å². The first-order chi connectivity index (χ1) is 6.99. The van der Waals surface area contributed by atoms with E-state index in [-0.39, 0.29) is 5.60 Å². The van der Waals surface area contributed by atoms with Crippen LogP contribution in [0.2, 0.25) is 0 Å².